The van der Waals surface area contributed by atoms with Crippen LogP contribution in [-0.2, 0) is 26.8 Å². The van der Waals surface area contributed by atoms with Crippen molar-refractivity contribution >= 4 is 21.6 Å². The number of nitrogens with one attached hydrogen (secondary N) is 2. The number of hydrogen-bond acceptors (Lipinski definition) is 4. The monoisotopic (exact) mass is 462 g/mol. The highest BCUT2D eigenvalue weighted by atomic mass is 32.2. The van der Waals surface area contributed by atoms with E-state index in [1.54, 1.807) is 0 Å². The molecule has 0 bridgehead atoms. The Kier molecular flexibility index (Phi) is 7.20. The third-order valence-corrected chi connectivity index (χ3v) is 5.06. The quantitative estimate of drug-likeness (QED) is 0.586. The van der Waals surface area contributed by atoms with Crippen molar-refractivity contribution in [3.8, 4) is 5.75 Å². The normalized spacial score (nSPS) is 12.4. The van der Waals surface area contributed by atoms with Crippen LogP contribution in [0.1, 0.15) is 25.0 Å². The maximum Gasteiger partial charge on any atom is 0.397 e. The first kappa shape index (κ1) is 24.4. The lowest BCUT2D eigenvalue weighted by Gasteiger charge is -2.28. The maximum absolute atomic E-state index is 13.9. The minimum Gasteiger partial charge on any atom is -0.484 e. The van der Waals surface area contributed by atoms with E-state index in [1.165, 1.54) is 36.4 Å². The molecule has 2 rings (SSSR count). The second-order valence-electron chi connectivity index (χ2n) is 7.40. The first-order valence-corrected chi connectivity index (χ1v) is 10.9. The van der Waals surface area contributed by atoms with E-state index < -0.39 is 39.9 Å². The first-order chi connectivity index (χ1) is 14.2. The van der Waals surface area contributed by atoms with Gasteiger partial charge in [-0.25, -0.2) is 12.8 Å². The summed E-state index contributed by atoms with van der Waals surface area (Å²) in [6.45, 7) is 1.72. The molecule has 2 aromatic carbocycles. The van der Waals surface area contributed by atoms with Crippen molar-refractivity contribution in [2.75, 3.05) is 17.6 Å². The fourth-order valence-corrected chi connectivity index (χ4v) is 3.05. The van der Waals surface area contributed by atoms with E-state index in [2.05, 4.69) is 5.32 Å². The molecule has 2 N–H and O–H groups in total. The smallest absolute Gasteiger partial charge is 0.397 e. The summed E-state index contributed by atoms with van der Waals surface area (Å²) in [5.41, 5.74) is -1.78. The molecule has 0 saturated heterocycles. The van der Waals surface area contributed by atoms with Crippen LogP contribution in [0.25, 0.3) is 0 Å². The van der Waals surface area contributed by atoms with Crippen LogP contribution in [0.15, 0.2) is 42.5 Å². The van der Waals surface area contributed by atoms with Gasteiger partial charge in [0.1, 0.15) is 11.6 Å². The molecule has 0 radical (unpaired) electrons. The summed E-state index contributed by atoms with van der Waals surface area (Å²) in [5, 5.41) is 2.50. The Morgan fingerprint density at radius 3 is 2.19 bits per heavy atom. The number of carbonyl (C=O) groups is 1. The van der Waals surface area contributed by atoms with Gasteiger partial charge < -0.3 is 10.1 Å². The van der Waals surface area contributed by atoms with E-state index in [4.69, 9.17) is 4.74 Å². The summed E-state index contributed by atoms with van der Waals surface area (Å²) in [7, 11) is -3.62. The Labute approximate surface area is 177 Å². The molecule has 0 heterocycles. The van der Waals surface area contributed by atoms with E-state index in [0.29, 0.717) is 5.56 Å². The Hall–Kier alpha value is -2.82. The highest BCUT2D eigenvalue weighted by Gasteiger charge is 2.48. The van der Waals surface area contributed by atoms with E-state index in [9.17, 15) is 30.8 Å². The molecule has 0 aliphatic heterocycles. The summed E-state index contributed by atoms with van der Waals surface area (Å²) in [5.74, 6) is -1.10. The molecule has 0 aliphatic carbocycles. The molecule has 0 unspecified atom stereocenters. The number of sulfonamides is 1. The predicted molar refractivity (Wildman–Crippen MR) is 108 cm³/mol. The van der Waals surface area contributed by atoms with Gasteiger partial charge in [0.15, 0.2) is 6.61 Å². The van der Waals surface area contributed by atoms with Crippen molar-refractivity contribution in [3.05, 3.63) is 59.4 Å². The summed E-state index contributed by atoms with van der Waals surface area (Å²) in [6.07, 6.45) is -3.51. The van der Waals surface area contributed by atoms with Crippen molar-refractivity contribution in [2.24, 2.45) is 0 Å². The third kappa shape index (κ3) is 6.84. The average molecular weight is 462 g/mol. The van der Waals surface area contributed by atoms with Crippen LogP contribution in [0.2, 0.25) is 0 Å². The van der Waals surface area contributed by atoms with Crippen LogP contribution in [0.4, 0.5) is 23.2 Å². The lowest BCUT2D eigenvalue weighted by atomic mass is 9.84. The van der Waals surface area contributed by atoms with Gasteiger partial charge in [0, 0.05) is 6.54 Å². The number of hydrogen-bond donors (Lipinski definition) is 2. The topological polar surface area (TPSA) is 84.5 Å². The minimum atomic E-state index is -4.41. The zero-order chi connectivity index (χ0) is 23.4. The van der Waals surface area contributed by atoms with Gasteiger partial charge in [0.05, 0.1) is 17.4 Å². The SMILES string of the molecule is CC(C)(c1ccc(OCC(=O)NCc2ccc(NS(C)(=O)=O)c(F)c2)cc1)C(F)(F)F. The molecular weight excluding hydrogens is 440 g/mol. The number of ether oxygens (including phenoxy) is 1. The van der Waals surface area contributed by atoms with Crippen molar-refractivity contribution in [2.45, 2.75) is 32.0 Å². The zero-order valence-electron chi connectivity index (χ0n) is 17.0. The Morgan fingerprint density at radius 2 is 1.68 bits per heavy atom. The van der Waals surface area contributed by atoms with Crippen molar-refractivity contribution in [3.63, 3.8) is 0 Å². The fourth-order valence-electron chi connectivity index (χ4n) is 2.48. The maximum atomic E-state index is 13.9. The highest BCUT2D eigenvalue weighted by molar-refractivity contribution is 7.92. The van der Waals surface area contributed by atoms with Gasteiger partial charge in [-0.15, -0.1) is 0 Å². The first-order valence-electron chi connectivity index (χ1n) is 9.02. The zero-order valence-corrected chi connectivity index (χ0v) is 17.8. The number of alkyl halides is 3. The molecule has 6 nitrogen and oxygen atoms in total. The molecule has 0 atom stereocenters. The number of amides is 1. The van der Waals surface area contributed by atoms with Crippen LogP contribution in [0, 0.1) is 5.82 Å². The summed E-state index contributed by atoms with van der Waals surface area (Å²) >= 11 is 0. The summed E-state index contributed by atoms with van der Waals surface area (Å²) < 4.78 is 82.8. The van der Waals surface area contributed by atoms with Crippen LogP contribution >= 0.6 is 0 Å². The molecule has 0 spiro atoms. The third-order valence-electron chi connectivity index (χ3n) is 4.47. The standard InChI is InChI=1S/C20H22F4N2O4S/c1-19(2,20(22,23)24)14-5-7-15(8-6-14)30-12-18(27)25-11-13-4-9-17(16(21)10-13)26-31(3,28)29/h4-10,26H,11-12H2,1-3H3,(H,25,27). The molecule has 170 valence electrons. The molecule has 0 saturated carbocycles. The molecule has 11 heteroatoms. The van der Waals surface area contributed by atoms with Gasteiger partial charge in [-0.1, -0.05) is 18.2 Å². The largest absolute Gasteiger partial charge is 0.484 e. The second-order valence-corrected chi connectivity index (χ2v) is 9.15. The lowest BCUT2D eigenvalue weighted by Crippen LogP contribution is -2.36. The van der Waals surface area contributed by atoms with Gasteiger partial charge in [-0.3, -0.25) is 9.52 Å². The van der Waals surface area contributed by atoms with Crippen LogP contribution in [-0.4, -0.2) is 33.4 Å². The lowest BCUT2D eigenvalue weighted by molar-refractivity contribution is -0.180. The molecule has 0 aliphatic rings. The van der Waals surface area contributed by atoms with Gasteiger partial charge in [0.25, 0.3) is 5.91 Å². The Bertz CT molecular complexity index is 1040. The highest BCUT2D eigenvalue weighted by Crippen LogP contribution is 2.40. The predicted octanol–water partition coefficient (Wildman–Crippen LogP) is 3.73. The van der Waals surface area contributed by atoms with Crippen LogP contribution in [0.3, 0.4) is 0 Å². The molecule has 31 heavy (non-hydrogen) atoms. The van der Waals surface area contributed by atoms with Gasteiger partial charge in [-0.2, -0.15) is 13.2 Å². The molecule has 2 aromatic rings. The van der Waals surface area contributed by atoms with E-state index in [-0.39, 0.29) is 23.5 Å². The number of rotatable bonds is 8. The van der Waals surface area contributed by atoms with E-state index in [1.807, 2.05) is 4.72 Å². The van der Waals surface area contributed by atoms with E-state index in [0.717, 1.165) is 26.2 Å². The number of carbonyl (C=O) groups excluding carboxylic acids is 1. The van der Waals surface area contributed by atoms with Gasteiger partial charge in [-0.05, 0) is 49.2 Å². The molecule has 1 amide bonds. The Morgan fingerprint density at radius 1 is 1.06 bits per heavy atom. The van der Waals surface area contributed by atoms with Crippen molar-refractivity contribution in [1.82, 2.24) is 5.32 Å². The van der Waals surface area contributed by atoms with Gasteiger partial charge in [0.2, 0.25) is 10.0 Å². The van der Waals surface area contributed by atoms with Crippen molar-refractivity contribution in [1.29, 1.82) is 0 Å². The van der Waals surface area contributed by atoms with E-state index >= 15 is 0 Å². The molecular formula is C20H22F4N2O4S. The molecule has 0 aromatic heterocycles. The summed E-state index contributed by atoms with van der Waals surface area (Å²) in [4.78, 5) is 11.9. The number of benzene rings is 2. The fraction of sp³-hybridized carbons (Fsp3) is 0.350. The van der Waals surface area contributed by atoms with Crippen molar-refractivity contribution < 1.29 is 35.5 Å². The van der Waals surface area contributed by atoms with Crippen LogP contribution in [0.5, 0.6) is 5.75 Å². The summed E-state index contributed by atoms with van der Waals surface area (Å²) in [6, 6.07) is 9.02. The van der Waals surface area contributed by atoms with Crippen LogP contribution < -0.4 is 14.8 Å². The number of halogens is 4. The Balaban J connectivity index is 1.88. The van der Waals surface area contributed by atoms with Gasteiger partial charge >= 0.3 is 6.18 Å². The second kappa shape index (κ2) is 9.13. The molecule has 0 fully saturated rings. The minimum absolute atomic E-state index is 0.0308. The number of anilines is 1. The average Bonchev–Trinajstić information content (AvgIpc) is 2.65.